The van der Waals surface area contributed by atoms with Crippen molar-refractivity contribution in [2.75, 3.05) is 5.32 Å². The zero-order valence-electron chi connectivity index (χ0n) is 16.6. The van der Waals surface area contributed by atoms with Gasteiger partial charge in [0.2, 0.25) is 0 Å². The van der Waals surface area contributed by atoms with Crippen LogP contribution in [0.1, 0.15) is 52.7 Å². The number of aromatic hydroxyl groups is 1. The van der Waals surface area contributed by atoms with Crippen LogP contribution in [-0.2, 0) is 10.8 Å². The van der Waals surface area contributed by atoms with Crippen molar-refractivity contribution in [3.63, 3.8) is 0 Å². The number of benzene rings is 3. The summed E-state index contributed by atoms with van der Waals surface area (Å²) >= 11 is 0. The van der Waals surface area contributed by atoms with Crippen molar-refractivity contribution >= 4 is 22.1 Å². The molecule has 0 aliphatic heterocycles. The maximum Gasteiger partial charge on any atom is 0.116 e. The second-order valence-corrected chi connectivity index (χ2v) is 9.10. The molecule has 0 saturated carbocycles. The molecule has 136 valence electrons. The molecule has 0 saturated heterocycles. The van der Waals surface area contributed by atoms with E-state index < -0.39 is 0 Å². The van der Waals surface area contributed by atoms with Crippen LogP contribution in [0, 0.1) is 0 Å². The Morgan fingerprint density at radius 1 is 0.731 bits per heavy atom. The van der Waals surface area contributed by atoms with Gasteiger partial charge in [-0.15, -0.1) is 0 Å². The zero-order chi connectivity index (χ0) is 19.1. The van der Waals surface area contributed by atoms with E-state index in [-0.39, 0.29) is 10.8 Å². The van der Waals surface area contributed by atoms with Gasteiger partial charge < -0.3 is 10.4 Å². The van der Waals surface area contributed by atoms with Gasteiger partial charge in [0.15, 0.2) is 0 Å². The lowest BCUT2D eigenvalue weighted by atomic mass is 9.83. The van der Waals surface area contributed by atoms with Gasteiger partial charge in [-0.3, -0.25) is 0 Å². The van der Waals surface area contributed by atoms with Crippen molar-refractivity contribution < 1.29 is 5.11 Å². The van der Waals surface area contributed by atoms with Crippen molar-refractivity contribution in [3.8, 4) is 5.75 Å². The van der Waals surface area contributed by atoms with Crippen LogP contribution in [-0.4, -0.2) is 5.11 Å². The van der Waals surface area contributed by atoms with E-state index in [1.165, 1.54) is 16.3 Å². The number of hydrogen-bond acceptors (Lipinski definition) is 2. The molecular weight excluding hydrogens is 318 g/mol. The summed E-state index contributed by atoms with van der Waals surface area (Å²) in [6, 6.07) is 18.6. The first-order valence-corrected chi connectivity index (χ1v) is 9.19. The maximum absolute atomic E-state index is 9.91. The van der Waals surface area contributed by atoms with Crippen LogP contribution in [0.4, 0.5) is 11.4 Å². The predicted octanol–water partition coefficient (Wildman–Crippen LogP) is 6.88. The molecule has 3 aromatic carbocycles. The summed E-state index contributed by atoms with van der Waals surface area (Å²) in [5.74, 6) is 0.300. The molecule has 0 unspecified atom stereocenters. The molecule has 0 radical (unpaired) electrons. The fraction of sp³-hybridized carbons (Fsp3) is 0.333. The summed E-state index contributed by atoms with van der Waals surface area (Å²) in [5, 5.41) is 16.0. The number of fused-ring (bicyclic) bond motifs is 1. The lowest BCUT2D eigenvalue weighted by Crippen LogP contribution is -2.13. The maximum atomic E-state index is 9.91. The smallest absolute Gasteiger partial charge is 0.116 e. The lowest BCUT2D eigenvalue weighted by molar-refractivity contribution is 0.471. The Balaban J connectivity index is 2.09. The molecule has 26 heavy (non-hydrogen) atoms. The predicted molar refractivity (Wildman–Crippen MR) is 113 cm³/mol. The Kier molecular flexibility index (Phi) is 4.47. The standard InChI is InChI=1S/C24H29NO/c1-23(2,3)20-9-7-8-16-10-11-17(14-19(16)20)25-22-13-12-18(26)15-21(22)24(4,5)6/h7-15,25-26H,1-6H3. The minimum Gasteiger partial charge on any atom is -0.508 e. The van der Waals surface area contributed by atoms with Gasteiger partial charge in [-0.05, 0) is 63.1 Å². The normalized spacial score (nSPS) is 12.4. The second kappa shape index (κ2) is 6.35. The molecule has 0 spiro atoms. The molecule has 3 aromatic rings. The third-order valence-corrected chi connectivity index (χ3v) is 4.78. The Labute approximate surface area is 156 Å². The molecule has 0 bridgehead atoms. The number of hydrogen-bond donors (Lipinski definition) is 2. The van der Waals surface area contributed by atoms with Crippen molar-refractivity contribution in [1.82, 2.24) is 0 Å². The van der Waals surface area contributed by atoms with E-state index in [2.05, 4.69) is 83.3 Å². The Morgan fingerprint density at radius 2 is 1.42 bits per heavy atom. The summed E-state index contributed by atoms with van der Waals surface area (Å²) < 4.78 is 0. The van der Waals surface area contributed by atoms with Gasteiger partial charge in [-0.2, -0.15) is 0 Å². The second-order valence-electron chi connectivity index (χ2n) is 9.10. The highest BCUT2D eigenvalue weighted by molar-refractivity contribution is 5.90. The van der Waals surface area contributed by atoms with Crippen molar-refractivity contribution in [2.24, 2.45) is 0 Å². The van der Waals surface area contributed by atoms with E-state index in [0.717, 1.165) is 16.9 Å². The SMILES string of the molecule is CC(C)(C)c1cc(O)ccc1Nc1ccc2cccc(C(C)(C)C)c2c1. The van der Waals surface area contributed by atoms with Crippen LogP contribution in [0.25, 0.3) is 10.8 Å². The highest BCUT2D eigenvalue weighted by Crippen LogP contribution is 2.36. The van der Waals surface area contributed by atoms with Gasteiger partial charge in [-0.1, -0.05) is 65.8 Å². The highest BCUT2D eigenvalue weighted by atomic mass is 16.3. The van der Waals surface area contributed by atoms with Crippen LogP contribution < -0.4 is 5.32 Å². The molecule has 0 amide bonds. The van der Waals surface area contributed by atoms with Crippen LogP contribution >= 0.6 is 0 Å². The molecule has 0 atom stereocenters. The van der Waals surface area contributed by atoms with E-state index >= 15 is 0 Å². The minimum atomic E-state index is -0.0610. The largest absolute Gasteiger partial charge is 0.508 e. The minimum absolute atomic E-state index is 0.0610. The molecule has 2 nitrogen and oxygen atoms in total. The summed E-state index contributed by atoms with van der Waals surface area (Å²) in [6.07, 6.45) is 0. The molecule has 0 aliphatic carbocycles. The Hall–Kier alpha value is -2.48. The first kappa shape index (κ1) is 18.3. The van der Waals surface area contributed by atoms with Crippen molar-refractivity contribution in [3.05, 3.63) is 65.7 Å². The van der Waals surface area contributed by atoms with E-state index in [9.17, 15) is 5.11 Å². The summed E-state index contributed by atoms with van der Waals surface area (Å²) in [6.45, 7) is 13.2. The van der Waals surface area contributed by atoms with E-state index in [1.807, 2.05) is 12.1 Å². The average molecular weight is 348 g/mol. The Bertz CT molecular complexity index is 943. The van der Waals surface area contributed by atoms with Crippen LogP contribution in [0.2, 0.25) is 0 Å². The molecule has 0 aromatic heterocycles. The molecule has 0 aliphatic rings. The van der Waals surface area contributed by atoms with E-state index in [1.54, 1.807) is 6.07 Å². The number of phenolic OH excluding ortho intramolecular Hbond substituents is 1. The van der Waals surface area contributed by atoms with Crippen molar-refractivity contribution in [2.45, 2.75) is 52.4 Å². The van der Waals surface area contributed by atoms with Gasteiger partial charge in [0.1, 0.15) is 5.75 Å². The molecular formula is C24H29NO. The molecule has 0 fully saturated rings. The van der Waals surface area contributed by atoms with Gasteiger partial charge in [-0.25, -0.2) is 0 Å². The summed E-state index contributed by atoms with van der Waals surface area (Å²) in [7, 11) is 0. The van der Waals surface area contributed by atoms with Gasteiger partial charge in [0.25, 0.3) is 0 Å². The zero-order valence-corrected chi connectivity index (χ0v) is 16.6. The van der Waals surface area contributed by atoms with E-state index in [0.29, 0.717) is 5.75 Å². The summed E-state index contributed by atoms with van der Waals surface area (Å²) in [5.41, 5.74) is 4.57. The first-order chi connectivity index (χ1) is 12.1. The molecule has 2 N–H and O–H groups in total. The number of nitrogens with one attached hydrogen (secondary N) is 1. The number of phenols is 1. The number of anilines is 2. The van der Waals surface area contributed by atoms with Crippen LogP contribution in [0.15, 0.2) is 54.6 Å². The highest BCUT2D eigenvalue weighted by Gasteiger charge is 2.20. The quantitative estimate of drug-likeness (QED) is 0.495. The van der Waals surface area contributed by atoms with Gasteiger partial charge >= 0.3 is 0 Å². The summed E-state index contributed by atoms with van der Waals surface area (Å²) in [4.78, 5) is 0. The van der Waals surface area contributed by atoms with Crippen LogP contribution in [0.5, 0.6) is 5.75 Å². The van der Waals surface area contributed by atoms with Gasteiger partial charge in [0, 0.05) is 11.4 Å². The van der Waals surface area contributed by atoms with Crippen LogP contribution in [0.3, 0.4) is 0 Å². The number of rotatable bonds is 2. The third kappa shape index (κ3) is 3.70. The average Bonchev–Trinajstić information content (AvgIpc) is 2.54. The third-order valence-electron chi connectivity index (χ3n) is 4.78. The first-order valence-electron chi connectivity index (χ1n) is 9.19. The molecule has 0 heterocycles. The Morgan fingerprint density at radius 3 is 2.08 bits per heavy atom. The lowest BCUT2D eigenvalue weighted by Gasteiger charge is -2.24. The van der Waals surface area contributed by atoms with Crippen molar-refractivity contribution in [1.29, 1.82) is 0 Å². The van der Waals surface area contributed by atoms with Gasteiger partial charge in [0.05, 0.1) is 0 Å². The fourth-order valence-electron chi connectivity index (χ4n) is 3.42. The fourth-order valence-corrected chi connectivity index (χ4v) is 3.42. The molecule has 3 rings (SSSR count). The topological polar surface area (TPSA) is 32.3 Å². The van der Waals surface area contributed by atoms with E-state index in [4.69, 9.17) is 0 Å². The molecule has 2 heteroatoms. The monoisotopic (exact) mass is 347 g/mol.